The van der Waals surface area contributed by atoms with E-state index in [1.54, 1.807) is 0 Å². The van der Waals surface area contributed by atoms with Crippen LogP contribution in [0.1, 0.15) is 23.6 Å². The van der Waals surface area contributed by atoms with Crippen molar-refractivity contribution >= 4 is 11.3 Å². The summed E-state index contributed by atoms with van der Waals surface area (Å²) in [6.07, 6.45) is 1.60. The normalized spacial score (nSPS) is 25.1. The van der Waals surface area contributed by atoms with Crippen LogP contribution in [0.2, 0.25) is 0 Å². The van der Waals surface area contributed by atoms with Crippen molar-refractivity contribution < 1.29 is 9.47 Å². The summed E-state index contributed by atoms with van der Waals surface area (Å²) in [6, 6.07) is 4.34. The smallest absolute Gasteiger partial charge is 0.0936 e. The molecule has 2 unspecified atom stereocenters. The molecule has 0 saturated carbocycles. The fraction of sp³-hybridized carbons (Fsp3) is 0.692. The Morgan fingerprint density at radius 3 is 2.94 bits per heavy atom. The van der Waals surface area contributed by atoms with Gasteiger partial charge in [-0.3, -0.25) is 0 Å². The second-order valence-electron chi connectivity index (χ2n) is 4.46. The van der Waals surface area contributed by atoms with E-state index in [0.717, 1.165) is 19.5 Å². The second kappa shape index (κ2) is 6.50. The molecule has 3 nitrogen and oxygen atoms in total. The van der Waals surface area contributed by atoms with Crippen molar-refractivity contribution in [3.05, 3.63) is 21.9 Å². The Labute approximate surface area is 107 Å². The van der Waals surface area contributed by atoms with E-state index in [1.165, 1.54) is 9.75 Å². The lowest BCUT2D eigenvalue weighted by molar-refractivity contribution is -0.0713. The number of ether oxygens (including phenoxy) is 2. The summed E-state index contributed by atoms with van der Waals surface area (Å²) in [6.45, 7) is 7.50. The van der Waals surface area contributed by atoms with Crippen LogP contribution in [0.5, 0.6) is 0 Å². The number of aryl methyl sites for hydroxylation is 1. The zero-order valence-corrected chi connectivity index (χ0v) is 11.4. The van der Waals surface area contributed by atoms with Crippen LogP contribution < -0.4 is 5.32 Å². The number of morpholine rings is 1. The average molecular weight is 255 g/mol. The molecule has 4 heteroatoms. The number of hydrogen-bond acceptors (Lipinski definition) is 4. The maximum atomic E-state index is 5.77. The summed E-state index contributed by atoms with van der Waals surface area (Å²) in [4.78, 5) is 2.73. The third-order valence-corrected chi connectivity index (χ3v) is 4.05. The monoisotopic (exact) mass is 255 g/mol. The molecule has 0 aliphatic carbocycles. The maximum absolute atomic E-state index is 5.77. The molecule has 1 aliphatic rings. The predicted molar refractivity (Wildman–Crippen MR) is 70.6 cm³/mol. The Balaban J connectivity index is 1.68. The molecule has 1 fully saturated rings. The third kappa shape index (κ3) is 4.07. The van der Waals surface area contributed by atoms with Crippen molar-refractivity contribution in [1.29, 1.82) is 0 Å². The van der Waals surface area contributed by atoms with Crippen LogP contribution >= 0.6 is 11.3 Å². The lowest BCUT2D eigenvalue weighted by Crippen LogP contribution is -2.45. The van der Waals surface area contributed by atoms with E-state index in [4.69, 9.17) is 9.47 Å². The van der Waals surface area contributed by atoms with Crippen molar-refractivity contribution in [3.63, 3.8) is 0 Å². The van der Waals surface area contributed by atoms with Gasteiger partial charge in [-0.25, -0.2) is 0 Å². The molecular weight excluding hydrogens is 234 g/mol. The molecule has 0 bridgehead atoms. The first-order chi connectivity index (χ1) is 8.28. The minimum Gasteiger partial charge on any atom is -0.373 e. The van der Waals surface area contributed by atoms with Gasteiger partial charge in [0, 0.05) is 22.8 Å². The number of nitrogens with one attached hydrogen (secondary N) is 1. The lowest BCUT2D eigenvalue weighted by atomic mass is 10.2. The summed E-state index contributed by atoms with van der Waals surface area (Å²) < 4.78 is 11.5. The lowest BCUT2D eigenvalue weighted by Gasteiger charge is -2.28. The van der Waals surface area contributed by atoms with Gasteiger partial charge in [0.2, 0.25) is 0 Å². The van der Waals surface area contributed by atoms with Crippen LogP contribution in [-0.4, -0.2) is 31.9 Å². The predicted octanol–water partition coefficient (Wildman–Crippen LogP) is 2.20. The molecule has 0 amide bonds. The molecule has 2 atom stereocenters. The minimum atomic E-state index is 0.198. The standard InChI is InChI=1S/C13H21NO2S/c1-3-12-4-5-13(17-12)9-15-8-11-7-14-6-10(2)16-11/h4-5,10-11,14H,3,6-9H2,1-2H3. The van der Waals surface area contributed by atoms with Gasteiger partial charge in [-0.1, -0.05) is 6.92 Å². The SMILES string of the molecule is CCc1ccc(COCC2CNCC(C)O2)s1. The zero-order valence-electron chi connectivity index (χ0n) is 10.6. The van der Waals surface area contributed by atoms with Crippen LogP contribution in [0, 0.1) is 0 Å². The fourth-order valence-corrected chi connectivity index (χ4v) is 2.85. The highest BCUT2D eigenvalue weighted by molar-refractivity contribution is 7.11. The molecule has 1 aromatic heterocycles. The van der Waals surface area contributed by atoms with E-state index in [-0.39, 0.29) is 6.10 Å². The average Bonchev–Trinajstić information content (AvgIpc) is 2.77. The van der Waals surface area contributed by atoms with Crippen molar-refractivity contribution in [2.75, 3.05) is 19.7 Å². The molecule has 1 saturated heterocycles. The van der Waals surface area contributed by atoms with Crippen LogP contribution in [-0.2, 0) is 22.5 Å². The largest absolute Gasteiger partial charge is 0.373 e. The number of thiophene rings is 1. The van der Waals surface area contributed by atoms with Crippen molar-refractivity contribution in [2.45, 2.75) is 39.1 Å². The highest BCUT2D eigenvalue weighted by atomic mass is 32.1. The first kappa shape index (κ1) is 13.0. The van der Waals surface area contributed by atoms with Crippen LogP contribution in [0.15, 0.2) is 12.1 Å². The highest BCUT2D eigenvalue weighted by Crippen LogP contribution is 2.18. The topological polar surface area (TPSA) is 30.5 Å². The van der Waals surface area contributed by atoms with Crippen LogP contribution in [0.4, 0.5) is 0 Å². The van der Waals surface area contributed by atoms with E-state index < -0.39 is 0 Å². The molecule has 1 N–H and O–H groups in total. The molecular formula is C13H21NO2S. The van der Waals surface area contributed by atoms with Gasteiger partial charge >= 0.3 is 0 Å². The molecule has 96 valence electrons. The summed E-state index contributed by atoms with van der Waals surface area (Å²) in [5.41, 5.74) is 0. The van der Waals surface area contributed by atoms with Gasteiger partial charge in [0.05, 0.1) is 25.4 Å². The first-order valence-electron chi connectivity index (χ1n) is 6.29. The Morgan fingerprint density at radius 2 is 2.24 bits per heavy atom. The Kier molecular flexibility index (Phi) is 4.98. The van der Waals surface area contributed by atoms with E-state index in [2.05, 4.69) is 31.3 Å². The zero-order chi connectivity index (χ0) is 12.1. The number of rotatable bonds is 5. The van der Waals surface area contributed by atoms with Gasteiger partial charge in [0.1, 0.15) is 0 Å². The van der Waals surface area contributed by atoms with Gasteiger partial charge in [0.15, 0.2) is 0 Å². The van der Waals surface area contributed by atoms with Gasteiger partial charge in [-0.05, 0) is 25.5 Å². The Bertz CT molecular complexity index is 340. The summed E-state index contributed by atoms with van der Waals surface area (Å²) in [5.74, 6) is 0. The first-order valence-corrected chi connectivity index (χ1v) is 7.11. The summed E-state index contributed by atoms with van der Waals surface area (Å²) >= 11 is 1.84. The van der Waals surface area contributed by atoms with Crippen LogP contribution in [0.3, 0.4) is 0 Å². The molecule has 1 aromatic rings. The van der Waals surface area contributed by atoms with Gasteiger partial charge in [-0.2, -0.15) is 0 Å². The Hall–Kier alpha value is -0.420. The molecule has 0 radical (unpaired) electrons. The minimum absolute atomic E-state index is 0.198. The maximum Gasteiger partial charge on any atom is 0.0936 e. The third-order valence-electron chi connectivity index (χ3n) is 2.84. The molecule has 0 aromatic carbocycles. The van der Waals surface area contributed by atoms with Crippen molar-refractivity contribution in [1.82, 2.24) is 5.32 Å². The molecule has 17 heavy (non-hydrogen) atoms. The fourth-order valence-electron chi connectivity index (χ4n) is 1.95. The second-order valence-corrected chi connectivity index (χ2v) is 5.72. The molecule has 0 spiro atoms. The van der Waals surface area contributed by atoms with Crippen LogP contribution in [0.25, 0.3) is 0 Å². The van der Waals surface area contributed by atoms with E-state index in [9.17, 15) is 0 Å². The van der Waals surface area contributed by atoms with Crippen molar-refractivity contribution in [3.8, 4) is 0 Å². The quantitative estimate of drug-likeness (QED) is 0.875. The van der Waals surface area contributed by atoms with E-state index in [0.29, 0.717) is 19.3 Å². The molecule has 2 rings (SSSR count). The van der Waals surface area contributed by atoms with Gasteiger partial charge in [-0.15, -0.1) is 11.3 Å². The Morgan fingerprint density at radius 1 is 1.41 bits per heavy atom. The summed E-state index contributed by atoms with van der Waals surface area (Å²) in [5, 5.41) is 3.34. The molecule has 2 heterocycles. The van der Waals surface area contributed by atoms with E-state index >= 15 is 0 Å². The summed E-state index contributed by atoms with van der Waals surface area (Å²) in [7, 11) is 0. The number of hydrogen-bond donors (Lipinski definition) is 1. The van der Waals surface area contributed by atoms with Gasteiger partial charge in [0.25, 0.3) is 0 Å². The van der Waals surface area contributed by atoms with E-state index in [1.807, 2.05) is 11.3 Å². The highest BCUT2D eigenvalue weighted by Gasteiger charge is 2.18. The molecule has 1 aliphatic heterocycles. The van der Waals surface area contributed by atoms with Gasteiger partial charge < -0.3 is 14.8 Å². The van der Waals surface area contributed by atoms with Crippen molar-refractivity contribution in [2.24, 2.45) is 0 Å².